The minimum atomic E-state index is -4.46. The van der Waals surface area contributed by atoms with Crippen LogP contribution in [-0.2, 0) is 4.74 Å². The summed E-state index contributed by atoms with van der Waals surface area (Å²) in [6.07, 6.45) is -2.68. The van der Waals surface area contributed by atoms with E-state index < -0.39 is 12.2 Å². The fourth-order valence-corrected chi connectivity index (χ4v) is 4.73. The van der Waals surface area contributed by atoms with Crippen LogP contribution in [0.1, 0.15) is 24.9 Å². The maximum absolute atomic E-state index is 14.2. The van der Waals surface area contributed by atoms with Gasteiger partial charge in [0.05, 0.1) is 6.61 Å². The standard InChI is InChI=1S/C25H27F3N6O2/c1-15(14-35-2)36-20-5-3-4-16-6-8-19(30-22(16)20)24-32-31-21-9-7-17(12-34(21)24)23(25(26,27)28)33-11-10-18(29)13-33/h3-9,12,15,18,23H,10-11,13-14,29H2,1-2H3/t15?,18?,23-/m1/s1. The summed E-state index contributed by atoms with van der Waals surface area (Å²) in [5.41, 5.74) is 7.51. The highest BCUT2D eigenvalue weighted by Gasteiger charge is 2.46. The molecule has 36 heavy (non-hydrogen) atoms. The second kappa shape index (κ2) is 9.64. The molecule has 1 aliphatic rings. The van der Waals surface area contributed by atoms with Crippen LogP contribution in [0.25, 0.3) is 28.1 Å². The molecular weight excluding hydrogens is 473 g/mol. The zero-order valence-corrected chi connectivity index (χ0v) is 19.9. The molecule has 4 heterocycles. The number of pyridine rings is 2. The second-order valence-corrected chi connectivity index (χ2v) is 9.11. The third kappa shape index (κ3) is 4.73. The first-order chi connectivity index (χ1) is 17.2. The Morgan fingerprint density at radius 1 is 1.14 bits per heavy atom. The van der Waals surface area contributed by atoms with Crippen molar-refractivity contribution in [2.75, 3.05) is 26.8 Å². The third-order valence-electron chi connectivity index (χ3n) is 6.31. The average molecular weight is 501 g/mol. The summed E-state index contributed by atoms with van der Waals surface area (Å²) in [5.74, 6) is 0.920. The van der Waals surface area contributed by atoms with Crippen molar-refractivity contribution in [3.05, 3.63) is 54.2 Å². The number of ether oxygens (including phenoxy) is 2. The molecule has 0 amide bonds. The number of fused-ring (bicyclic) bond motifs is 2. The Bertz CT molecular complexity index is 1380. The molecule has 190 valence electrons. The molecule has 5 rings (SSSR count). The van der Waals surface area contributed by atoms with Gasteiger partial charge in [0, 0.05) is 37.8 Å². The van der Waals surface area contributed by atoms with Crippen molar-refractivity contribution in [2.24, 2.45) is 5.73 Å². The highest BCUT2D eigenvalue weighted by atomic mass is 19.4. The molecule has 1 saturated heterocycles. The zero-order valence-electron chi connectivity index (χ0n) is 19.9. The van der Waals surface area contributed by atoms with Crippen LogP contribution >= 0.6 is 0 Å². The molecular formula is C25H27F3N6O2. The van der Waals surface area contributed by atoms with Gasteiger partial charge in [-0.15, -0.1) is 10.2 Å². The fourth-order valence-electron chi connectivity index (χ4n) is 4.73. The number of benzene rings is 1. The monoisotopic (exact) mass is 500 g/mol. The van der Waals surface area contributed by atoms with E-state index in [0.29, 0.717) is 41.5 Å². The predicted octanol–water partition coefficient (Wildman–Crippen LogP) is 3.99. The van der Waals surface area contributed by atoms with Gasteiger partial charge < -0.3 is 15.2 Å². The third-order valence-corrected chi connectivity index (χ3v) is 6.31. The molecule has 8 nitrogen and oxygen atoms in total. The van der Waals surface area contributed by atoms with Crippen molar-refractivity contribution in [1.82, 2.24) is 24.5 Å². The average Bonchev–Trinajstić information content (AvgIpc) is 3.44. The van der Waals surface area contributed by atoms with Crippen LogP contribution in [0.15, 0.2) is 48.7 Å². The highest BCUT2D eigenvalue weighted by molar-refractivity contribution is 5.86. The van der Waals surface area contributed by atoms with Crippen LogP contribution in [-0.4, -0.2) is 69.6 Å². The quantitative estimate of drug-likeness (QED) is 0.410. The van der Waals surface area contributed by atoms with Gasteiger partial charge in [0.1, 0.15) is 29.1 Å². The summed E-state index contributed by atoms with van der Waals surface area (Å²) in [6.45, 7) is 2.78. The van der Waals surface area contributed by atoms with E-state index in [-0.39, 0.29) is 30.8 Å². The van der Waals surface area contributed by atoms with Gasteiger partial charge in [0.15, 0.2) is 11.5 Å². The van der Waals surface area contributed by atoms with Gasteiger partial charge in [-0.05, 0) is 37.1 Å². The minimum absolute atomic E-state index is 0.100. The largest absolute Gasteiger partial charge is 0.486 e. The molecule has 1 aromatic carbocycles. The molecule has 3 aromatic heterocycles. The van der Waals surface area contributed by atoms with Crippen molar-refractivity contribution in [2.45, 2.75) is 37.7 Å². The number of alkyl halides is 3. The first-order valence-corrected chi connectivity index (χ1v) is 11.7. The van der Waals surface area contributed by atoms with Crippen LogP contribution in [0, 0.1) is 0 Å². The van der Waals surface area contributed by atoms with E-state index in [4.69, 9.17) is 20.2 Å². The molecule has 0 aliphatic carbocycles. The van der Waals surface area contributed by atoms with Gasteiger partial charge in [0.2, 0.25) is 0 Å². The van der Waals surface area contributed by atoms with Crippen LogP contribution in [0.5, 0.6) is 5.75 Å². The van der Waals surface area contributed by atoms with Gasteiger partial charge in [-0.25, -0.2) is 4.98 Å². The van der Waals surface area contributed by atoms with E-state index >= 15 is 0 Å². The number of hydrogen-bond acceptors (Lipinski definition) is 7. The topological polar surface area (TPSA) is 90.8 Å². The van der Waals surface area contributed by atoms with Gasteiger partial charge in [0.25, 0.3) is 0 Å². The number of aromatic nitrogens is 4. The molecule has 2 unspecified atom stereocenters. The van der Waals surface area contributed by atoms with Crippen LogP contribution in [0.4, 0.5) is 13.2 Å². The lowest BCUT2D eigenvalue weighted by Gasteiger charge is -2.30. The summed E-state index contributed by atoms with van der Waals surface area (Å²) in [5, 5.41) is 9.25. The van der Waals surface area contributed by atoms with Crippen molar-refractivity contribution in [3.63, 3.8) is 0 Å². The summed E-state index contributed by atoms with van der Waals surface area (Å²) >= 11 is 0. The van der Waals surface area contributed by atoms with Gasteiger partial charge >= 0.3 is 6.18 Å². The number of para-hydroxylation sites is 1. The van der Waals surface area contributed by atoms with E-state index in [9.17, 15) is 13.2 Å². The number of likely N-dealkylation sites (tertiary alicyclic amines) is 1. The van der Waals surface area contributed by atoms with E-state index in [1.807, 2.05) is 31.2 Å². The Morgan fingerprint density at radius 2 is 1.97 bits per heavy atom. The highest BCUT2D eigenvalue weighted by Crippen LogP contribution is 2.39. The number of halogens is 3. The summed E-state index contributed by atoms with van der Waals surface area (Å²) < 4.78 is 55.2. The van der Waals surface area contributed by atoms with Gasteiger partial charge in [-0.3, -0.25) is 9.30 Å². The molecule has 0 saturated carbocycles. The molecule has 4 aromatic rings. The number of nitrogens with zero attached hydrogens (tertiary/aromatic N) is 5. The molecule has 11 heteroatoms. The maximum atomic E-state index is 14.2. The Kier molecular flexibility index (Phi) is 6.54. The molecule has 2 N–H and O–H groups in total. The van der Waals surface area contributed by atoms with E-state index in [1.165, 1.54) is 17.2 Å². The zero-order chi connectivity index (χ0) is 25.4. The maximum Gasteiger partial charge on any atom is 0.408 e. The Balaban J connectivity index is 1.57. The molecule has 1 fully saturated rings. The van der Waals surface area contributed by atoms with Crippen LogP contribution in [0.3, 0.4) is 0 Å². The van der Waals surface area contributed by atoms with Crippen molar-refractivity contribution in [3.8, 4) is 17.3 Å². The Morgan fingerprint density at radius 3 is 2.69 bits per heavy atom. The Labute approximate surface area is 205 Å². The Hall–Kier alpha value is -3.28. The molecule has 0 radical (unpaired) electrons. The predicted molar refractivity (Wildman–Crippen MR) is 129 cm³/mol. The van der Waals surface area contributed by atoms with Crippen LogP contribution in [0.2, 0.25) is 0 Å². The van der Waals surface area contributed by atoms with Crippen molar-refractivity contribution in [1.29, 1.82) is 0 Å². The number of nitrogens with two attached hydrogens (primary N) is 1. The van der Waals surface area contributed by atoms with Gasteiger partial charge in [-0.2, -0.15) is 13.2 Å². The van der Waals surface area contributed by atoms with E-state index in [2.05, 4.69) is 10.2 Å². The summed E-state index contributed by atoms with van der Waals surface area (Å²) in [7, 11) is 1.60. The van der Waals surface area contributed by atoms with Crippen molar-refractivity contribution < 1.29 is 22.6 Å². The van der Waals surface area contributed by atoms with Crippen molar-refractivity contribution >= 4 is 16.6 Å². The lowest BCUT2D eigenvalue weighted by atomic mass is 10.1. The first kappa shape index (κ1) is 24.4. The molecule has 1 aliphatic heterocycles. The van der Waals surface area contributed by atoms with Crippen LogP contribution < -0.4 is 10.5 Å². The lowest BCUT2D eigenvalue weighted by molar-refractivity contribution is -0.183. The molecule has 3 atom stereocenters. The smallest absolute Gasteiger partial charge is 0.408 e. The minimum Gasteiger partial charge on any atom is -0.486 e. The summed E-state index contributed by atoms with van der Waals surface area (Å²) in [4.78, 5) is 6.14. The second-order valence-electron chi connectivity index (χ2n) is 9.11. The summed E-state index contributed by atoms with van der Waals surface area (Å²) in [6, 6.07) is 10.2. The first-order valence-electron chi connectivity index (χ1n) is 11.7. The lowest BCUT2D eigenvalue weighted by Crippen LogP contribution is -2.38. The van der Waals surface area contributed by atoms with E-state index in [1.54, 1.807) is 23.6 Å². The number of methoxy groups -OCH3 is 1. The SMILES string of the molecule is COCC(C)Oc1cccc2ccc(-c3nnc4ccc([C@@H](N5CCC(N)C5)C(F)(F)F)cn34)nc12. The molecule has 0 spiro atoms. The molecule has 0 bridgehead atoms. The normalized spacial score (nSPS) is 18.7. The fraction of sp³-hybridized carbons (Fsp3) is 0.400. The number of hydrogen-bond donors (Lipinski definition) is 1. The number of rotatable bonds is 7. The van der Waals surface area contributed by atoms with E-state index in [0.717, 1.165) is 5.39 Å². The van der Waals surface area contributed by atoms with Gasteiger partial charge in [-0.1, -0.05) is 24.3 Å².